The molecule has 6 heteroatoms. The van der Waals surface area contributed by atoms with E-state index in [4.69, 9.17) is 0 Å². The molecule has 162 valence electrons. The Morgan fingerprint density at radius 1 is 0.935 bits per heavy atom. The highest BCUT2D eigenvalue weighted by Crippen LogP contribution is 2.31. The van der Waals surface area contributed by atoms with Gasteiger partial charge in [0.1, 0.15) is 5.56 Å². The van der Waals surface area contributed by atoms with Crippen LogP contribution in [0.5, 0.6) is 0 Å². The van der Waals surface area contributed by atoms with E-state index in [0.29, 0.717) is 24.3 Å². The molecule has 2 aromatic carbocycles. The van der Waals surface area contributed by atoms with E-state index in [-0.39, 0.29) is 17.0 Å². The maximum absolute atomic E-state index is 13.3. The van der Waals surface area contributed by atoms with Gasteiger partial charge in [0.25, 0.3) is 11.5 Å². The highest BCUT2D eigenvalue weighted by molar-refractivity contribution is 6.03. The summed E-state index contributed by atoms with van der Waals surface area (Å²) >= 11 is 0. The van der Waals surface area contributed by atoms with Gasteiger partial charge in [0.15, 0.2) is 0 Å². The van der Waals surface area contributed by atoms with E-state index in [0.717, 1.165) is 30.8 Å². The first-order chi connectivity index (χ1) is 15.1. The summed E-state index contributed by atoms with van der Waals surface area (Å²) in [6.07, 6.45) is 0. The maximum atomic E-state index is 13.3. The Labute approximate surface area is 183 Å². The lowest BCUT2D eigenvalue weighted by molar-refractivity contribution is 0.0947. The van der Waals surface area contributed by atoms with Gasteiger partial charge in [-0.3, -0.25) is 9.59 Å². The van der Waals surface area contributed by atoms with E-state index in [1.807, 2.05) is 67.6 Å². The normalized spacial score (nSPS) is 11.0. The van der Waals surface area contributed by atoms with Crippen LogP contribution in [-0.4, -0.2) is 46.8 Å². The SMILES string of the molecule is CCN(CC)CCNC(=O)c1c(-c2ccccc2)c(-c2ccccc2)nn(CC)c1=O. The molecule has 0 aliphatic rings. The second-order valence-electron chi connectivity index (χ2n) is 7.23. The molecule has 0 aliphatic carbocycles. The number of nitrogens with zero attached hydrogens (tertiary/aromatic N) is 3. The number of nitrogens with one attached hydrogen (secondary N) is 1. The fourth-order valence-corrected chi connectivity index (χ4v) is 3.64. The summed E-state index contributed by atoms with van der Waals surface area (Å²) in [7, 11) is 0. The predicted molar refractivity (Wildman–Crippen MR) is 125 cm³/mol. The van der Waals surface area contributed by atoms with Gasteiger partial charge >= 0.3 is 0 Å². The Balaban J connectivity index is 2.14. The minimum atomic E-state index is -0.374. The van der Waals surface area contributed by atoms with E-state index in [9.17, 15) is 9.59 Å². The number of carbonyl (C=O) groups is 1. The van der Waals surface area contributed by atoms with Gasteiger partial charge in [-0.2, -0.15) is 5.10 Å². The maximum Gasteiger partial charge on any atom is 0.280 e. The molecular weight excluding hydrogens is 388 g/mol. The van der Waals surface area contributed by atoms with Crippen LogP contribution < -0.4 is 10.9 Å². The fraction of sp³-hybridized carbons (Fsp3) is 0.320. The summed E-state index contributed by atoms with van der Waals surface area (Å²) in [6, 6.07) is 19.2. The quantitative estimate of drug-likeness (QED) is 0.576. The number of rotatable bonds is 9. The van der Waals surface area contributed by atoms with Crippen molar-refractivity contribution in [2.75, 3.05) is 26.2 Å². The second kappa shape index (κ2) is 10.7. The van der Waals surface area contributed by atoms with Crippen LogP contribution >= 0.6 is 0 Å². The summed E-state index contributed by atoms with van der Waals surface area (Å²) in [5.74, 6) is -0.363. The van der Waals surface area contributed by atoms with Crippen LogP contribution in [0.15, 0.2) is 65.5 Å². The number of aryl methyl sites for hydroxylation is 1. The van der Waals surface area contributed by atoms with Crippen molar-refractivity contribution in [1.82, 2.24) is 20.0 Å². The van der Waals surface area contributed by atoms with Gasteiger partial charge in [-0.15, -0.1) is 0 Å². The van der Waals surface area contributed by atoms with Crippen LogP contribution in [0, 0.1) is 0 Å². The van der Waals surface area contributed by atoms with Crippen LogP contribution in [0.2, 0.25) is 0 Å². The Morgan fingerprint density at radius 2 is 1.52 bits per heavy atom. The molecule has 0 atom stereocenters. The fourth-order valence-electron chi connectivity index (χ4n) is 3.64. The molecule has 0 radical (unpaired) electrons. The minimum Gasteiger partial charge on any atom is -0.351 e. The first kappa shape index (κ1) is 22.4. The van der Waals surface area contributed by atoms with Crippen LogP contribution in [0.25, 0.3) is 22.4 Å². The largest absolute Gasteiger partial charge is 0.351 e. The molecular formula is C25H30N4O2. The monoisotopic (exact) mass is 418 g/mol. The summed E-state index contributed by atoms with van der Waals surface area (Å²) < 4.78 is 1.37. The third-order valence-corrected chi connectivity index (χ3v) is 5.40. The number of aromatic nitrogens is 2. The number of benzene rings is 2. The zero-order valence-electron chi connectivity index (χ0n) is 18.5. The molecule has 1 aromatic heterocycles. The van der Waals surface area contributed by atoms with Crippen molar-refractivity contribution < 1.29 is 4.79 Å². The van der Waals surface area contributed by atoms with Gasteiger partial charge in [-0.1, -0.05) is 74.5 Å². The molecule has 0 spiro atoms. The molecule has 0 saturated carbocycles. The smallest absolute Gasteiger partial charge is 0.280 e. The van der Waals surface area contributed by atoms with E-state index in [1.165, 1.54) is 4.68 Å². The van der Waals surface area contributed by atoms with Crippen LogP contribution in [0.3, 0.4) is 0 Å². The molecule has 1 amide bonds. The molecule has 0 bridgehead atoms. The highest BCUT2D eigenvalue weighted by atomic mass is 16.2. The van der Waals surface area contributed by atoms with Crippen molar-refractivity contribution in [3.05, 3.63) is 76.6 Å². The van der Waals surface area contributed by atoms with E-state index in [1.54, 1.807) is 0 Å². The second-order valence-corrected chi connectivity index (χ2v) is 7.23. The number of likely N-dealkylation sites (N-methyl/N-ethyl adjacent to an activating group) is 1. The van der Waals surface area contributed by atoms with Crippen LogP contribution in [0.1, 0.15) is 31.1 Å². The van der Waals surface area contributed by atoms with Crippen molar-refractivity contribution in [3.63, 3.8) is 0 Å². The molecule has 3 rings (SSSR count). The minimum absolute atomic E-state index is 0.140. The standard InChI is InChI=1S/C25H30N4O2/c1-4-28(5-2)18-17-26-24(30)22-21(19-13-9-7-10-14-19)23(20-15-11-8-12-16-20)27-29(6-3)25(22)31/h7-16H,4-6,17-18H2,1-3H3,(H,26,30). The molecule has 0 saturated heterocycles. The lowest BCUT2D eigenvalue weighted by Gasteiger charge is -2.19. The third-order valence-electron chi connectivity index (χ3n) is 5.40. The highest BCUT2D eigenvalue weighted by Gasteiger charge is 2.24. The number of amides is 1. The lowest BCUT2D eigenvalue weighted by Crippen LogP contribution is -2.39. The first-order valence-corrected chi connectivity index (χ1v) is 10.9. The predicted octanol–water partition coefficient (Wildman–Crippen LogP) is 3.67. The van der Waals surface area contributed by atoms with Crippen molar-refractivity contribution in [2.45, 2.75) is 27.3 Å². The molecule has 6 nitrogen and oxygen atoms in total. The zero-order valence-corrected chi connectivity index (χ0v) is 18.5. The van der Waals surface area contributed by atoms with Crippen LogP contribution in [0.4, 0.5) is 0 Å². The van der Waals surface area contributed by atoms with Crippen molar-refractivity contribution in [1.29, 1.82) is 0 Å². The summed E-state index contributed by atoms with van der Waals surface area (Å²) in [6.45, 7) is 9.46. The lowest BCUT2D eigenvalue weighted by atomic mass is 9.95. The van der Waals surface area contributed by atoms with Crippen molar-refractivity contribution in [2.24, 2.45) is 0 Å². The van der Waals surface area contributed by atoms with E-state index < -0.39 is 0 Å². The molecule has 0 unspecified atom stereocenters. The summed E-state index contributed by atoms with van der Waals surface area (Å²) in [5.41, 5.74) is 2.62. The number of hydrogen-bond donors (Lipinski definition) is 1. The molecule has 0 fully saturated rings. The van der Waals surface area contributed by atoms with Gasteiger partial charge in [0, 0.05) is 30.8 Å². The Morgan fingerprint density at radius 3 is 2.06 bits per heavy atom. The van der Waals surface area contributed by atoms with Gasteiger partial charge < -0.3 is 10.2 Å². The van der Waals surface area contributed by atoms with Gasteiger partial charge in [0.05, 0.1) is 5.69 Å². The Hall–Kier alpha value is -3.25. The van der Waals surface area contributed by atoms with E-state index >= 15 is 0 Å². The molecule has 1 heterocycles. The topological polar surface area (TPSA) is 67.2 Å². The molecule has 1 N–H and O–H groups in total. The first-order valence-electron chi connectivity index (χ1n) is 10.9. The average molecular weight is 419 g/mol. The Kier molecular flexibility index (Phi) is 7.73. The van der Waals surface area contributed by atoms with E-state index in [2.05, 4.69) is 29.2 Å². The third kappa shape index (κ3) is 5.09. The molecule has 31 heavy (non-hydrogen) atoms. The summed E-state index contributed by atoms with van der Waals surface area (Å²) in [5, 5.41) is 7.59. The van der Waals surface area contributed by atoms with Gasteiger partial charge in [-0.05, 0) is 25.6 Å². The van der Waals surface area contributed by atoms with Crippen molar-refractivity contribution in [3.8, 4) is 22.4 Å². The number of hydrogen-bond acceptors (Lipinski definition) is 4. The average Bonchev–Trinajstić information content (AvgIpc) is 2.82. The summed E-state index contributed by atoms with van der Waals surface area (Å²) in [4.78, 5) is 28.8. The van der Waals surface area contributed by atoms with Gasteiger partial charge in [0.2, 0.25) is 0 Å². The Bertz CT molecular complexity index is 1060. The van der Waals surface area contributed by atoms with Gasteiger partial charge in [-0.25, -0.2) is 4.68 Å². The molecule has 3 aromatic rings. The zero-order chi connectivity index (χ0) is 22.2. The number of carbonyl (C=O) groups excluding carboxylic acids is 1. The molecule has 0 aliphatic heterocycles. The van der Waals surface area contributed by atoms with Crippen molar-refractivity contribution >= 4 is 5.91 Å². The van der Waals surface area contributed by atoms with Crippen LogP contribution in [-0.2, 0) is 6.54 Å².